The SMILES string of the molecule is CS(=O)(=O)c1ccc(NC(=O)c2nc[nH]c2C(=O)O)cn1. The summed E-state index contributed by atoms with van der Waals surface area (Å²) in [6.07, 6.45) is 3.25. The zero-order valence-corrected chi connectivity index (χ0v) is 11.5. The first kappa shape index (κ1) is 14.7. The number of hydrogen-bond donors (Lipinski definition) is 3. The summed E-state index contributed by atoms with van der Waals surface area (Å²) in [6, 6.07) is 2.57. The number of carbonyl (C=O) groups excluding carboxylic acids is 1. The smallest absolute Gasteiger partial charge is 0.354 e. The highest BCUT2D eigenvalue weighted by Crippen LogP contribution is 2.12. The predicted molar refractivity (Wildman–Crippen MR) is 70.8 cm³/mol. The van der Waals surface area contributed by atoms with E-state index in [4.69, 9.17) is 5.11 Å². The Morgan fingerprint density at radius 2 is 2.00 bits per heavy atom. The molecule has 0 spiro atoms. The van der Waals surface area contributed by atoms with Crippen molar-refractivity contribution in [2.75, 3.05) is 11.6 Å². The molecule has 2 aromatic rings. The highest BCUT2D eigenvalue weighted by molar-refractivity contribution is 7.90. The third kappa shape index (κ3) is 3.23. The molecule has 21 heavy (non-hydrogen) atoms. The van der Waals surface area contributed by atoms with Gasteiger partial charge in [-0.1, -0.05) is 0 Å². The number of nitrogens with one attached hydrogen (secondary N) is 2. The lowest BCUT2D eigenvalue weighted by molar-refractivity contribution is 0.0686. The van der Waals surface area contributed by atoms with E-state index in [0.717, 1.165) is 18.8 Å². The number of sulfone groups is 1. The minimum atomic E-state index is -3.43. The van der Waals surface area contributed by atoms with Crippen LogP contribution >= 0.6 is 0 Å². The molecule has 2 heterocycles. The van der Waals surface area contributed by atoms with Gasteiger partial charge in [0.1, 0.15) is 0 Å². The molecule has 2 rings (SSSR count). The molecule has 2 aromatic heterocycles. The van der Waals surface area contributed by atoms with Crippen molar-refractivity contribution in [2.24, 2.45) is 0 Å². The number of nitrogens with zero attached hydrogens (tertiary/aromatic N) is 2. The fraction of sp³-hybridized carbons (Fsp3) is 0.0909. The van der Waals surface area contributed by atoms with Crippen molar-refractivity contribution in [3.63, 3.8) is 0 Å². The van der Waals surface area contributed by atoms with Gasteiger partial charge in [-0.25, -0.2) is 23.2 Å². The highest BCUT2D eigenvalue weighted by Gasteiger charge is 2.20. The minimum Gasteiger partial charge on any atom is -0.477 e. The Balaban J connectivity index is 2.20. The van der Waals surface area contributed by atoms with Crippen LogP contribution in [-0.4, -0.2) is 46.6 Å². The third-order valence-corrected chi connectivity index (χ3v) is 3.44. The maximum Gasteiger partial charge on any atom is 0.354 e. The van der Waals surface area contributed by atoms with E-state index in [1.54, 1.807) is 0 Å². The van der Waals surface area contributed by atoms with E-state index in [9.17, 15) is 18.0 Å². The molecule has 0 aromatic carbocycles. The van der Waals surface area contributed by atoms with E-state index < -0.39 is 21.7 Å². The van der Waals surface area contributed by atoms with Crippen LogP contribution in [0.2, 0.25) is 0 Å². The average molecular weight is 310 g/mol. The molecule has 3 N–H and O–H groups in total. The van der Waals surface area contributed by atoms with Gasteiger partial charge in [0.25, 0.3) is 5.91 Å². The number of aromatic nitrogens is 3. The highest BCUT2D eigenvalue weighted by atomic mass is 32.2. The van der Waals surface area contributed by atoms with Crippen LogP contribution in [0.5, 0.6) is 0 Å². The number of aromatic amines is 1. The molecule has 0 saturated carbocycles. The number of amides is 1. The van der Waals surface area contributed by atoms with Crippen LogP contribution in [0.1, 0.15) is 21.0 Å². The van der Waals surface area contributed by atoms with Gasteiger partial charge in [-0.2, -0.15) is 0 Å². The normalized spacial score (nSPS) is 11.1. The Hall–Kier alpha value is -2.75. The van der Waals surface area contributed by atoms with E-state index in [1.165, 1.54) is 12.1 Å². The van der Waals surface area contributed by atoms with Crippen molar-refractivity contribution in [1.29, 1.82) is 0 Å². The summed E-state index contributed by atoms with van der Waals surface area (Å²) in [5.41, 5.74) is -0.408. The standard InChI is InChI=1S/C11H10N4O5S/c1-21(19,20)7-3-2-6(4-12-7)15-10(16)8-9(11(17)18)14-5-13-8/h2-5H,1H3,(H,13,14)(H,15,16)(H,17,18). The van der Waals surface area contributed by atoms with Crippen LogP contribution < -0.4 is 5.32 Å². The van der Waals surface area contributed by atoms with Gasteiger partial charge in [0, 0.05) is 6.26 Å². The van der Waals surface area contributed by atoms with E-state index in [-0.39, 0.29) is 22.1 Å². The van der Waals surface area contributed by atoms with Crippen LogP contribution in [0, 0.1) is 0 Å². The van der Waals surface area contributed by atoms with Crippen molar-refractivity contribution in [3.8, 4) is 0 Å². The number of H-pyrrole nitrogens is 1. The number of rotatable bonds is 4. The summed E-state index contributed by atoms with van der Waals surface area (Å²) in [7, 11) is -3.43. The second kappa shape index (κ2) is 5.32. The number of hydrogen-bond acceptors (Lipinski definition) is 6. The number of pyridine rings is 1. The van der Waals surface area contributed by atoms with Gasteiger partial charge in [-0.3, -0.25) is 4.79 Å². The van der Waals surface area contributed by atoms with Crippen molar-refractivity contribution in [1.82, 2.24) is 15.0 Å². The molecule has 0 atom stereocenters. The molecular weight excluding hydrogens is 300 g/mol. The van der Waals surface area contributed by atoms with Gasteiger partial charge >= 0.3 is 5.97 Å². The van der Waals surface area contributed by atoms with Gasteiger partial charge < -0.3 is 15.4 Å². The van der Waals surface area contributed by atoms with E-state index in [1.807, 2.05) is 0 Å². The van der Waals surface area contributed by atoms with Crippen LogP contribution in [0.25, 0.3) is 0 Å². The summed E-state index contributed by atoms with van der Waals surface area (Å²) in [5.74, 6) is -2.06. The van der Waals surface area contributed by atoms with E-state index >= 15 is 0 Å². The molecule has 0 fully saturated rings. The molecule has 0 radical (unpaired) electrons. The maximum absolute atomic E-state index is 11.9. The number of aromatic carboxylic acids is 1. The van der Waals surface area contributed by atoms with E-state index in [2.05, 4.69) is 20.3 Å². The summed E-state index contributed by atoms with van der Waals surface area (Å²) in [5, 5.41) is 11.1. The first-order valence-corrected chi connectivity index (χ1v) is 7.42. The van der Waals surface area contributed by atoms with Crippen molar-refractivity contribution in [2.45, 2.75) is 5.03 Å². The lowest BCUT2D eigenvalue weighted by Gasteiger charge is -2.04. The number of imidazole rings is 1. The molecule has 0 bridgehead atoms. The monoisotopic (exact) mass is 310 g/mol. The molecule has 0 unspecified atom stereocenters. The fourth-order valence-corrected chi connectivity index (χ4v) is 2.05. The Labute approximate surface area is 119 Å². The molecule has 110 valence electrons. The molecule has 9 nitrogen and oxygen atoms in total. The maximum atomic E-state index is 11.9. The van der Waals surface area contributed by atoms with Crippen LogP contribution in [0.3, 0.4) is 0 Å². The Morgan fingerprint density at radius 1 is 1.29 bits per heavy atom. The number of carbonyl (C=O) groups is 2. The minimum absolute atomic E-state index is 0.133. The number of carboxylic acids is 1. The quantitative estimate of drug-likeness (QED) is 0.730. The Kier molecular flexibility index (Phi) is 3.72. The lowest BCUT2D eigenvalue weighted by Crippen LogP contribution is -2.16. The summed E-state index contributed by atoms with van der Waals surface area (Å²) in [4.78, 5) is 32.4. The fourth-order valence-electron chi connectivity index (χ4n) is 1.49. The molecule has 10 heteroatoms. The molecule has 0 aliphatic heterocycles. The number of carboxylic acid groups (broad SMARTS) is 1. The topological polar surface area (TPSA) is 142 Å². The largest absolute Gasteiger partial charge is 0.477 e. The first-order valence-electron chi connectivity index (χ1n) is 5.53. The second-order valence-corrected chi connectivity index (χ2v) is 6.01. The zero-order chi connectivity index (χ0) is 15.6. The van der Waals surface area contributed by atoms with Gasteiger partial charge in [-0.15, -0.1) is 0 Å². The van der Waals surface area contributed by atoms with E-state index in [0.29, 0.717) is 0 Å². The summed E-state index contributed by atoms with van der Waals surface area (Å²) >= 11 is 0. The second-order valence-electron chi connectivity index (χ2n) is 4.04. The Bertz CT molecular complexity index is 794. The molecular formula is C11H10N4O5S. The Morgan fingerprint density at radius 3 is 2.52 bits per heavy atom. The summed E-state index contributed by atoms with van der Waals surface area (Å²) < 4.78 is 22.5. The number of anilines is 1. The zero-order valence-electron chi connectivity index (χ0n) is 10.7. The third-order valence-electron chi connectivity index (χ3n) is 2.44. The van der Waals surface area contributed by atoms with Gasteiger partial charge in [-0.05, 0) is 12.1 Å². The lowest BCUT2D eigenvalue weighted by atomic mass is 10.3. The van der Waals surface area contributed by atoms with Crippen molar-refractivity contribution in [3.05, 3.63) is 36.0 Å². The molecule has 0 aliphatic carbocycles. The molecule has 0 aliphatic rings. The van der Waals surface area contributed by atoms with Gasteiger partial charge in [0.2, 0.25) is 0 Å². The first-order chi connectivity index (χ1) is 9.79. The van der Waals surface area contributed by atoms with Gasteiger partial charge in [0.05, 0.1) is 18.2 Å². The molecule has 1 amide bonds. The van der Waals surface area contributed by atoms with Crippen molar-refractivity contribution >= 4 is 27.4 Å². The average Bonchev–Trinajstić information content (AvgIpc) is 2.87. The van der Waals surface area contributed by atoms with Crippen LogP contribution in [-0.2, 0) is 9.84 Å². The van der Waals surface area contributed by atoms with Crippen LogP contribution in [0.15, 0.2) is 29.7 Å². The van der Waals surface area contributed by atoms with Gasteiger partial charge in [0.15, 0.2) is 26.3 Å². The summed E-state index contributed by atoms with van der Waals surface area (Å²) in [6.45, 7) is 0. The molecule has 0 saturated heterocycles. The van der Waals surface area contributed by atoms with Crippen molar-refractivity contribution < 1.29 is 23.1 Å². The van der Waals surface area contributed by atoms with Crippen LogP contribution in [0.4, 0.5) is 5.69 Å². The predicted octanol–water partition coefficient (Wildman–Crippen LogP) is 0.159.